The third-order valence-corrected chi connectivity index (χ3v) is 5.55. The van der Waals surface area contributed by atoms with Crippen molar-refractivity contribution < 1.29 is 14.5 Å². The zero-order chi connectivity index (χ0) is 22.7. The molecular formula is C24H21N3O5. The van der Waals surface area contributed by atoms with Gasteiger partial charge in [-0.3, -0.25) is 14.9 Å². The number of pyridine rings is 1. The molecule has 0 spiro atoms. The van der Waals surface area contributed by atoms with Crippen LogP contribution in [0.2, 0.25) is 0 Å². The van der Waals surface area contributed by atoms with Crippen molar-refractivity contribution in [1.82, 2.24) is 10.3 Å². The zero-order valence-corrected chi connectivity index (χ0v) is 17.3. The Morgan fingerprint density at radius 2 is 1.78 bits per heavy atom. The summed E-state index contributed by atoms with van der Waals surface area (Å²) in [4.78, 5) is 36.5. The summed E-state index contributed by atoms with van der Waals surface area (Å²) >= 11 is 0. The third-order valence-electron chi connectivity index (χ3n) is 5.55. The molecule has 0 fully saturated rings. The number of H-pyrrole nitrogens is 1. The van der Waals surface area contributed by atoms with Gasteiger partial charge in [0.1, 0.15) is 6.61 Å². The zero-order valence-electron chi connectivity index (χ0n) is 17.3. The second-order valence-corrected chi connectivity index (χ2v) is 7.41. The molecule has 8 heteroatoms. The Morgan fingerprint density at radius 3 is 2.41 bits per heavy atom. The Labute approximate surface area is 183 Å². The largest absolute Gasteiger partial charge is 0.449 e. The van der Waals surface area contributed by atoms with E-state index < -0.39 is 22.3 Å². The molecule has 3 aromatic rings. The molecule has 32 heavy (non-hydrogen) atoms. The predicted molar refractivity (Wildman–Crippen MR) is 121 cm³/mol. The predicted octanol–water partition coefficient (Wildman–Crippen LogP) is 4.14. The highest BCUT2D eigenvalue weighted by molar-refractivity contribution is 5.79. The van der Waals surface area contributed by atoms with Gasteiger partial charge < -0.3 is 15.0 Å². The van der Waals surface area contributed by atoms with E-state index in [0.717, 1.165) is 22.3 Å². The molecule has 4 rings (SSSR count). The number of nitrogens with one attached hydrogen (secondary N) is 2. The number of hydrogen-bond donors (Lipinski definition) is 2. The maximum atomic E-state index is 12.2. The molecule has 2 aromatic carbocycles. The van der Waals surface area contributed by atoms with Crippen LogP contribution in [0.5, 0.6) is 0 Å². The lowest BCUT2D eigenvalue weighted by Gasteiger charge is -2.14. The van der Waals surface area contributed by atoms with E-state index in [-0.39, 0.29) is 24.6 Å². The van der Waals surface area contributed by atoms with Gasteiger partial charge in [0.05, 0.1) is 4.92 Å². The Bertz CT molecular complexity index is 1230. The second kappa shape index (κ2) is 8.89. The first-order valence-corrected chi connectivity index (χ1v) is 10.1. The average molecular weight is 431 g/mol. The van der Waals surface area contributed by atoms with Crippen LogP contribution in [0.3, 0.4) is 0 Å². The van der Waals surface area contributed by atoms with Crippen LogP contribution < -0.4 is 10.9 Å². The Balaban J connectivity index is 1.36. The molecule has 0 atom stereocenters. The molecule has 8 nitrogen and oxygen atoms in total. The van der Waals surface area contributed by atoms with Crippen molar-refractivity contribution in [2.24, 2.45) is 0 Å². The van der Waals surface area contributed by atoms with Crippen molar-refractivity contribution in [3.63, 3.8) is 0 Å². The number of fused-ring (bicyclic) bond motifs is 3. The van der Waals surface area contributed by atoms with Crippen LogP contribution in [-0.2, 0) is 4.74 Å². The summed E-state index contributed by atoms with van der Waals surface area (Å²) < 4.78 is 5.46. The van der Waals surface area contributed by atoms with E-state index in [4.69, 9.17) is 4.74 Å². The first-order chi connectivity index (χ1) is 15.5. The Morgan fingerprint density at radius 1 is 1.16 bits per heavy atom. The highest BCUT2D eigenvalue weighted by atomic mass is 16.6. The summed E-state index contributed by atoms with van der Waals surface area (Å²) in [6.45, 7) is 1.89. The lowest BCUT2D eigenvalue weighted by atomic mass is 9.98. The quantitative estimate of drug-likeness (QED) is 0.450. The number of ether oxygens (including phenoxy) is 1. The van der Waals surface area contributed by atoms with Crippen molar-refractivity contribution >= 4 is 17.9 Å². The fraction of sp³-hybridized carbons (Fsp3) is 0.167. The number of nitrogens with zero attached hydrogens (tertiary/aromatic N) is 1. The van der Waals surface area contributed by atoms with Gasteiger partial charge in [-0.2, -0.15) is 0 Å². The summed E-state index contributed by atoms with van der Waals surface area (Å²) in [5.74, 6) is -0.0203. The van der Waals surface area contributed by atoms with Gasteiger partial charge in [-0.05, 0) is 29.2 Å². The van der Waals surface area contributed by atoms with Crippen molar-refractivity contribution in [3.05, 3.63) is 104 Å². The maximum Gasteiger partial charge on any atom is 0.407 e. The van der Waals surface area contributed by atoms with Crippen LogP contribution in [0.15, 0.2) is 65.6 Å². The highest BCUT2D eigenvalue weighted by Gasteiger charge is 2.28. The van der Waals surface area contributed by atoms with Gasteiger partial charge in [-0.15, -0.1) is 0 Å². The minimum Gasteiger partial charge on any atom is -0.449 e. The lowest BCUT2D eigenvalue weighted by Crippen LogP contribution is -2.26. The lowest BCUT2D eigenvalue weighted by molar-refractivity contribution is -0.386. The van der Waals surface area contributed by atoms with Gasteiger partial charge in [0.25, 0.3) is 0 Å². The van der Waals surface area contributed by atoms with Crippen LogP contribution in [0, 0.1) is 17.0 Å². The number of carbonyl (C=O) groups is 1. The van der Waals surface area contributed by atoms with Gasteiger partial charge in [-0.1, -0.05) is 60.7 Å². The Kier molecular flexibility index (Phi) is 5.85. The molecule has 1 aliphatic carbocycles. The number of alkyl carbamates (subject to hydrolysis) is 1. The monoisotopic (exact) mass is 431 g/mol. The molecule has 1 heterocycles. The van der Waals surface area contributed by atoms with Gasteiger partial charge in [0, 0.05) is 29.8 Å². The minimum atomic E-state index is -0.749. The van der Waals surface area contributed by atoms with E-state index in [0.29, 0.717) is 5.56 Å². The van der Waals surface area contributed by atoms with Crippen molar-refractivity contribution in [2.75, 3.05) is 13.2 Å². The molecule has 0 saturated carbocycles. The van der Waals surface area contributed by atoms with Crippen molar-refractivity contribution in [2.45, 2.75) is 12.8 Å². The summed E-state index contributed by atoms with van der Waals surface area (Å²) in [5, 5.41) is 13.7. The fourth-order valence-electron chi connectivity index (χ4n) is 4.00. The van der Waals surface area contributed by atoms with E-state index in [1.54, 1.807) is 12.2 Å². The molecular weight excluding hydrogens is 410 g/mol. The van der Waals surface area contributed by atoms with Gasteiger partial charge in [0.2, 0.25) is 0 Å². The summed E-state index contributed by atoms with van der Waals surface area (Å²) in [7, 11) is 0. The van der Waals surface area contributed by atoms with Crippen molar-refractivity contribution in [1.29, 1.82) is 0 Å². The number of nitro groups is 1. The van der Waals surface area contributed by atoms with E-state index in [1.165, 1.54) is 13.1 Å². The van der Waals surface area contributed by atoms with Crippen molar-refractivity contribution in [3.8, 4) is 11.1 Å². The maximum absolute atomic E-state index is 12.2. The van der Waals surface area contributed by atoms with Gasteiger partial charge in [-0.25, -0.2) is 4.79 Å². The van der Waals surface area contributed by atoms with Gasteiger partial charge in [0.15, 0.2) is 0 Å². The van der Waals surface area contributed by atoms with Gasteiger partial charge >= 0.3 is 17.3 Å². The Hall–Kier alpha value is -4.20. The van der Waals surface area contributed by atoms with Crippen LogP contribution in [0.1, 0.15) is 28.2 Å². The number of amides is 1. The fourth-order valence-corrected chi connectivity index (χ4v) is 4.00. The molecule has 0 unspecified atom stereocenters. The summed E-state index contributed by atoms with van der Waals surface area (Å²) in [6, 6.07) is 16.2. The van der Waals surface area contributed by atoms with Crippen LogP contribution in [-0.4, -0.2) is 29.2 Å². The van der Waals surface area contributed by atoms with E-state index in [1.807, 2.05) is 24.3 Å². The number of rotatable bonds is 6. The summed E-state index contributed by atoms with van der Waals surface area (Å²) in [5.41, 5.74) is 4.10. The van der Waals surface area contributed by atoms with E-state index >= 15 is 0 Å². The topological polar surface area (TPSA) is 114 Å². The molecule has 0 saturated heterocycles. The average Bonchev–Trinajstić information content (AvgIpc) is 3.10. The minimum absolute atomic E-state index is 0.0203. The number of aromatic nitrogens is 1. The number of hydrogen-bond acceptors (Lipinski definition) is 5. The van der Waals surface area contributed by atoms with Crippen LogP contribution >= 0.6 is 0 Å². The molecule has 1 amide bonds. The molecule has 0 aliphatic heterocycles. The third kappa shape index (κ3) is 4.02. The molecule has 0 bridgehead atoms. The van der Waals surface area contributed by atoms with E-state index in [9.17, 15) is 19.7 Å². The molecule has 0 radical (unpaired) electrons. The normalized spacial score (nSPS) is 12.4. The molecule has 1 aromatic heterocycles. The molecule has 1 aliphatic rings. The van der Waals surface area contributed by atoms with E-state index in [2.05, 4.69) is 34.6 Å². The molecule has 162 valence electrons. The first kappa shape index (κ1) is 21.0. The number of carbonyl (C=O) groups excluding carboxylic acids is 1. The summed E-state index contributed by atoms with van der Waals surface area (Å²) in [6.07, 6.45) is 4.07. The number of benzene rings is 2. The standard InChI is InChI=1S/C24H21N3O5/c1-15-16(13-26-23(28)22(15)27(30)31)7-6-12-25-24(29)32-14-21-19-10-4-2-8-17(19)18-9-3-5-11-20(18)21/h2-11,13,21H,12,14H2,1H3,(H,25,29)(H,26,28). The SMILES string of the molecule is Cc1c(C=CCNC(=O)OCC2c3ccccc3-c3ccccc32)c[nH]c(=O)c1[N+](=O)[O-]. The second-order valence-electron chi connectivity index (χ2n) is 7.41. The number of aromatic amines is 1. The van der Waals surface area contributed by atoms with Crippen LogP contribution in [0.25, 0.3) is 17.2 Å². The molecule has 2 N–H and O–H groups in total. The highest BCUT2D eigenvalue weighted by Crippen LogP contribution is 2.44. The smallest absolute Gasteiger partial charge is 0.407 e. The van der Waals surface area contributed by atoms with Crippen LogP contribution in [0.4, 0.5) is 10.5 Å². The first-order valence-electron chi connectivity index (χ1n) is 10.1.